The summed E-state index contributed by atoms with van der Waals surface area (Å²) in [5.74, 6) is 1.10. The molecule has 0 unspecified atom stereocenters. The summed E-state index contributed by atoms with van der Waals surface area (Å²) in [4.78, 5) is 23.7. The normalized spacial score (nSPS) is 10.8. The van der Waals surface area contributed by atoms with Crippen LogP contribution in [0, 0.1) is 13.8 Å². The molecule has 0 aliphatic rings. The maximum absolute atomic E-state index is 12.2. The molecule has 1 aromatic heterocycles. The van der Waals surface area contributed by atoms with Gasteiger partial charge in [0.05, 0.1) is 24.5 Å². The molecule has 0 saturated carbocycles. The maximum atomic E-state index is 12.2. The highest BCUT2D eigenvalue weighted by molar-refractivity contribution is 5.96. The summed E-state index contributed by atoms with van der Waals surface area (Å²) >= 11 is 0. The number of rotatable bonds is 7. The SMILES string of the molecule is COC(=O)c1ccc(COc2ccccc2C=NNC(=O)c2cc(C)oc2C)cc1. The van der Waals surface area contributed by atoms with Crippen LogP contribution in [-0.4, -0.2) is 25.2 Å². The molecule has 7 heteroatoms. The largest absolute Gasteiger partial charge is 0.488 e. The van der Waals surface area contributed by atoms with Crippen LogP contribution in [0.1, 0.15) is 43.4 Å². The van der Waals surface area contributed by atoms with E-state index in [1.165, 1.54) is 13.3 Å². The lowest BCUT2D eigenvalue weighted by molar-refractivity contribution is 0.0600. The van der Waals surface area contributed by atoms with Gasteiger partial charge < -0.3 is 13.9 Å². The molecule has 7 nitrogen and oxygen atoms in total. The second kappa shape index (κ2) is 9.56. The maximum Gasteiger partial charge on any atom is 0.337 e. The first-order chi connectivity index (χ1) is 14.5. The third-order valence-electron chi connectivity index (χ3n) is 4.34. The van der Waals surface area contributed by atoms with Crippen molar-refractivity contribution in [2.75, 3.05) is 7.11 Å². The van der Waals surface area contributed by atoms with Crippen LogP contribution in [0.2, 0.25) is 0 Å². The van der Waals surface area contributed by atoms with Crippen LogP contribution in [0.3, 0.4) is 0 Å². The number of furan rings is 1. The van der Waals surface area contributed by atoms with Crippen LogP contribution in [0.4, 0.5) is 0 Å². The summed E-state index contributed by atoms with van der Waals surface area (Å²) in [5, 5.41) is 4.03. The molecule has 3 aromatic rings. The molecule has 30 heavy (non-hydrogen) atoms. The third kappa shape index (κ3) is 5.14. The summed E-state index contributed by atoms with van der Waals surface area (Å²) in [6, 6.07) is 16.0. The second-order valence-corrected chi connectivity index (χ2v) is 6.54. The Hall–Kier alpha value is -3.87. The molecule has 0 aliphatic carbocycles. The van der Waals surface area contributed by atoms with Crippen molar-refractivity contribution in [3.8, 4) is 5.75 Å². The first-order valence-corrected chi connectivity index (χ1v) is 9.27. The lowest BCUT2D eigenvalue weighted by atomic mass is 10.1. The van der Waals surface area contributed by atoms with Crippen molar-refractivity contribution in [2.45, 2.75) is 20.5 Å². The van der Waals surface area contributed by atoms with E-state index in [-0.39, 0.29) is 11.9 Å². The van der Waals surface area contributed by atoms with Gasteiger partial charge in [-0.2, -0.15) is 5.10 Å². The Morgan fingerprint density at radius 1 is 1.10 bits per heavy atom. The Bertz CT molecular complexity index is 1070. The smallest absolute Gasteiger partial charge is 0.337 e. The van der Waals surface area contributed by atoms with Crippen molar-refractivity contribution >= 4 is 18.1 Å². The number of hydrazone groups is 1. The number of hydrogen-bond donors (Lipinski definition) is 1. The van der Waals surface area contributed by atoms with Crippen molar-refractivity contribution < 1.29 is 23.5 Å². The average Bonchev–Trinajstić information content (AvgIpc) is 3.10. The summed E-state index contributed by atoms with van der Waals surface area (Å²) in [6.07, 6.45) is 1.52. The number of nitrogens with one attached hydrogen (secondary N) is 1. The zero-order valence-electron chi connectivity index (χ0n) is 17.0. The van der Waals surface area contributed by atoms with Gasteiger partial charge in [-0.1, -0.05) is 24.3 Å². The van der Waals surface area contributed by atoms with E-state index in [4.69, 9.17) is 13.9 Å². The minimum atomic E-state index is -0.383. The summed E-state index contributed by atoms with van der Waals surface area (Å²) < 4.78 is 15.9. The van der Waals surface area contributed by atoms with Crippen LogP contribution >= 0.6 is 0 Å². The van der Waals surface area contributed by atoms with Crippen molar-refractivity contribution in [1.29, 1.82) is 0 Å². The Morgan fingerprint density at radius 3 is 2.50 bits per heavy atom. The van der Waals surface area contributed by atoms with Gasteiger partial charge in [0, 0.05) is 5.56 Å². The van der Waals surface area contributed by atoms with Gasteiger partial charge in [0.15, 0.2) is 0 Å². The van der Waals surface area contributed by atoms with Gasteiger partial charge in [-0.05, 0) is 49.7 Å². The van der Waals surface area contributed by atoms with Gasteiger partial charge in [0.25, 0.3) is 5.91 Å². The van der Waals surface area contributed by atoms with E-state index in [1.54, 1.807) is 44.2 Å². The summed E-state index contributed by atoms with van der Waals surface area (Å²) in [6.45, 7) is 3.82. The van der Waals surface area contributed by atoms with E-state index in [9.17, 15) is 9.59 Å². The van der Waals surface area contributed by atoms with E-state index in [0.29, 0.717) is 40.6 Å². The van der Waals surface area contributed by atoms with Crippen molar-refractivity contribution in [3.05, 3.63) is 88.4 Å². The minimum Gasteiger partial charge on any atom is -0.488 e. The fourth-order valence-corrected chi connectivity index (χ4v) is 2.81. The molecule has 2 aromatic carbocycles. The molecule has 0 fully saturated rings. The number of esters is 1. The highest BCUT2D eigenvalue weighted by Crippen LogP contribution is 2.18. The number of carbonyl (C=O) groups is 2. The average molecular weight is 406 g/mol. The molecular formula is C23H22N2O5. The number of nitrogens with zero attached hydrogens (tertiary/aromatic N) is 1. The number of carbonyl (C=O) groups excluding carboxylic acids is 2. The molecule has 0 atom stereocenters. The van der Waals surface area contributed by atoms with Crippen molar-refractivity contribution in [2.24, 2.45) is 5.10 Å². The Labute approximate surface area is 174 Å². The van der Waals surface area contributed by atoms with E-state index < -0.39 is 0 Å². The first-order valence-electron chi connectivity index (χ1n) is 9.27. The standard InChI is InChI=1S/C23H22N2O5/c1-15-12-20(16(2)30-15)22(26)25-24-13-19-6-4-5-7-21(19)29-14-17-8-10-18(11-9-17)23(27)28-3/h4-13H,14H2,1-3H3,(H,25,26). The van der Waals surface area contributed by atoms with Gasteiger partial charge in [-0.25, -0.2) is 10.2 Å². The Morgan fingerprint density at radius 2 is 1.83 bits per heavy atom. The second-order valence-electron chi connectivity index (χ2n) is 6.54. The molecule has 1 amide bonds. The monoisotopic (exact) mass is 406 g/mol. The van der Waals surface area contributed by atoms with Crippen molar-refractivity contribution in [1.82, 2.24) is 5.43 Å². The van der Waals surface area contributed by atoms with Crippen LogP contribution < -0.4 is 10.2 Å². The van der Waals surface area contributed by atoms with Crippen molar-refractivity contribution in [3.63, 3.8) is 0 Å². The molecule has 1 heterocycles. The van der Waals surface area contributed by atoms with Crippen LogP contribution in [0.25, 0.3) is 0 Å². The number of benzene rings is 2. The van der Waals surface area contributed by atoms with Gasteiger partial charge >= 0.3 is 5.97 Å². The first kappa shape index (κ1) is 20.9. The quantitative estimate of drug-likeness (QED) is 0.364. The van der Waals surface area contributed by atoms with Gasteiger partial charge in [-0.3, -0.25) is 4.79 Å². The molecule has 3 rings (SSSR count). The van der Waals surface area contributed by atoms with Crippen LogP contribution in [0.5, 0.6) is 5.75 Å². The van der Waals surface area contributed by atoms with Gasteiger partial charge in [0.1, 0.15) is 23.9 Å². The van der Waals surface area contributed by atoms with Gasteiger partial charge in [0.2, 0.25) is 0 Å². The number of hydrogen-bond acceptors (Lipinski definition) is 6. The Balaban J connectivity index is 1.63. The zero-order chi connectivity index (χ0) is 21.5. The van der Waals surface area contributed by atoms with E-state index in [2.05, 4.69) is 10.5 Å². The molecule has 0 radical (unpaired) electrons. The molecule has 0 bridgehead atoms. The van der Waals surface area contributed by atoms with E-state index in [1.807, 2.05) is 24.3 Å². The summed E-state index contributed by atoms with van der Waals surface area (Å²) in [7, 11) is 1.34. The fourth-order valence-electron chi connectivity index (χ4n) is 2.81. The van der Waals surface area contributed by atoms with Gasteiger partial charge in [-0.15, -0.1) is 0 Å². The summed E-state index contributed by atoms with van der Waals surface area (Å²) in [5.41, 5.74) is 5.03. The predicted molar refractivity (Wildman–Crippen MR) is 112 cm³/mol. The molecule has 0 spiro atoms. The molecule has 1 N–H and O–H groups in total. The number of amides is 1. The molecular weight excluding hydrogens is 384 g/mol. The van der Waals surface area contributed by atoms with E-state index >= 15 is 0 Å². The zero-order valence-corrected chi connectivity index (χ0v) is 17.0. The topological polar surface area (TPSA) is 90.1 Å². The predicted octanol–water partition coefficient (Wildman–Crippen LogP) is 4.03. The number of ether oxygens (including phenoxy) is 2. The number of methoxy groups -OCH3 is 1. The van der Waals surface area contributed by atoms with E-state index in [0.717, 1.165) is 5.56 Å². The van der Waals surface area contributed by atoms with Crippen LogP contribution in [-0.2, 0) is 11.3 Å². The molecule has 0 aliphatic heterocycles. The number of aryl methyl sites for hydroxylation is 2. The highest BCUT2D eigenvalue weighted by Gasteiger charge is 2.12. The molecule has 0 saturated heterocycles. The fraction of sp³-hybridized carbons (Fsp3) is 0.174. The highest BCUT2D eigenvalue weighted by atomic mass is 16.5. The Kier molecular flexibility index (Phi) is 6.64. The lowest BCUT2D eigenvalue weighted by Gasteiger charge is -2.09. The minimum absolute atomic E-state index is 0.312. The lowest BCUT2D eigenvalue weighted by Crippen LogP contribution is -2.17. The van der Waals surface area contributed by atoms with Crippen LogP contribution in [0.15, 0.2) is 64.1 Å². The number of para-hydroxylation sites is 1. The third-order valence-corrected chi connectivity index (χ3v) is 4.34. The molecule has 154 valence electrons.